The number of carbonyl (C=O) groups is 1. The number of hydrogen-bond donors (Lipinski definition) is 1. The van der Waals surface area contributed by atoms with E-state index < -0.39 is 16.5 Å². The van der Waals surface area contributed by atoms with Gasteiger partial charge in [-0.3, -0.25) is 14.9 Å². The first-order chi connectivity index (χ1) is 12.4. The Morgan fingerprint density at radius 1 is 1.19 bits per heavy atom. The summed E-state index contributed by atoms with van der Waals surface area (Å²) in [5.74, 6) is -0.557. The van der Waals surface area contributed by atoms with E-state index in [0.717, 1.165) is 4.47 Å². The van der Waals surface area contributed by atoms with Crippen molar-refractivity contribution in [2.24, 2.45) is 0 Å². The summed E-state index contributed by atoms with van der Waals surface area (Å²) in [6, 6.07) is 12.5. The molecular formula is C18H11BrN2O5. The van der Waals surface area contributed by atoms with Gasteiger partial charge in [-0.1, -0.05) is 28.1 Å². The quantitative estimate of drug-likeness (QED) is 0.299. The van der Waals surface area contributed by atoms with Crippen LogP contribution in [0.4, 0.5) is 11.4 Å². The highest BCUT2D eigenvalue weighted by molar-refractivity contribution is 9.10. The van der Waals surface area contributed by atoms with Gasteiger partial charge in [0.25, 0.3) is 5.69 Å². The molecule has 7 nitrogen and oxygen atoms in total. The molecular weight excluding hydrogens is 404 g/mol. The number of hydrogen-bond acceptors (Lipinski definition) is 5. The number of amides is 1. The normalized spacial score (nSPS) is 11.0. The zero-order valence-electron chi connectivity index (χ0n) is 13.1. The zero-order chi connectivity index (χ0) is 18.7. The molecule has 0 spiro atoms. The van der Waals surface area contributed by atoms with Gasteiger partial charge >= 0.3 is 5.63 Å². The van der Waals surface area contributed by atoms with Crippen LogP contribution in [0, 0.1) is 10.1 Å². The molecule has 2 aromatic carbocycles. The Morgan fingerprint density at radius 3 is 2.77 bits per heavy atom. The lowest BCUT2D eigenvalue weighted by Gasteiger charge is -2.03. The molecule has 1 amide bonds. The number of non-ortho nitro benzene ring substituents is 1. The number of rotatable bonds is 4. The second kappa shape index (κ2) is 7.32. The first-order valence-corrected chi connectivity index (χ1v) is 8.18. The molecule has 1 N–H and O–H groups in total. The lowest BCUT2D eigenvalue weighted by Crippen LogP contribution is -2.15. The Kier molecular flexibility index (Phi) is 4.94. The van der Waals surface area contributed by atoms with Gasteiger partial charge in [-0.25, -0.2) is 4.79 Å². The molecule has 0 saturated heterocycles. The summed E-state index contributed by atoms with van der Waals surface area (Å²) in [6.07, 6.45) is 2.60. The molecule has 0 bridgehead atoms. The average Bonchev–Trinajstić information content (AvgIpc) is 2.61. The molecule has 1 aromatic heterocycles. The highest BCUT2D eigenvalue weighted by Crippen LogP contribution is 2.21. The number of fused-ring (bicyclic) bond motifs is 1. The summed E-state index contributed by atoms with van der Waals surface area (Å²) in [6.45, 7) is 0. The summed E-state index contributed by atoms with van der Waals surface area (Å²) in [7, 11) is 0. The monoisotopic (exact) mass is 414 g/mol. The topological polar surface area (TPSA) is 102 Å². The van der Waals surface area contributed by atoms with Gasteiger partial charge in [-0.15, -0.1) is 0 Å². The Hall–Kier alpha value is -3.26. The van der Waals surface area contributed by atoms with Crippen LogP contribution in [0.2, 0.25) is 0 Å². The average molecular weight is 415 g/mol. The third-order valence-corrected chi connectivity index (χ3v) is 3.95. The van der Waals surface area contributed by atoms with E-state index in [4.69, 9.17) is 4.42 Å². The molecule has 26 heavy (non-hydrogen) atoms. The number of anilines is 1. The number of carbonyl (C=O) groups excluding carboxylic acids is 1. The third-order valence-electron chi connectivity index (χ3n) is 3.46. The smallest absolute Gasteiger partial charge is 0.360 e. The largest absolute Gasteiger partial charge is 0.421 e. The molecule has 0 saturated carbocycles. The van der Waals surface area contributed by atoms with E-state index in [1.54, 1.807) is 24.3 Å². The zero-order valence-corrected chi connectivity index (χ0v) is 14.7. The molecule has 3 rings (SSSR count). The molecule has 0 atom stereocenters. The van der Waals surface area contributed by atoms with Crippen LogP contribution in [0.5, 0.6) is 0 Å². The molecule has 0 unspecified atom stereocenters. The molecule has 130 valence electrons. The summed E-state index contributed by atoms with van der Waals surface area (Å²) >= 11 is 3.33. The van der Waals surface area contributed by atoms with Crippen LogP contribution >= 0.6 is 15.9 Å². The van der Waals surface area contributed by atoms with Crippen LogP contribution < -0.4 is 10.9 Å². The lowest BCUT2D eigenvalue weighted by atomic mass is 10.2. The van der Waals surface area contributed by atoms with Gasteiger partial charge in [-0.2, -0.15) is 0 Å². The molecule has 0 aliphatic rings. The molecule has 0 fully saturated rings. The maximum atomic E-state index is 12.0. The number of nitro benzene ring substituents is 1. The first kappa shape index (κ1) is 17.6. The molecule has 3 aromatic rings. The molecule has 0 aliphatic heterocycles. The second-order valence-electron chi connectivity index (χ2n) is 5.30. The Labute approximate surface area is 155 Å². The van der Waals surface area contributed by atoms with Crippen LogP contribution in [0.15, 0.2) is 68.3 Å². The summed E-state index contributed by atoms with van der Waals surface area (Å²) in [5, 5.41) is 13.9. The van der Waals surface area contributed by atoms with E-state index >= 15 is 0 Å². The Balaban J connectivity index is 1.80. The minimum Gasteiger partial charge on any atom is -0.421 e. The molecule has 0 radical (unpaired) electrons. The van der Waals surface area contributed by atoms with Crippen molar-refractivity contribution in [2.45, 2.75) is 0 Å². The first-order valence-electron chi connectivity index (χ1n) is 7.39. The summed E-state index contributed by atoms with van der Waals surface area (Å²) in [4.78, 5) is 34.2. The fourth-order valence-electron chi connectivity index (χ4n) is 2.27. The minimum absolute atomic E-state index is 0.00397. The molecule has 8 heteroatoms. The number of nitrogens with one attached hydrogen (secondary N) is 1. The molecule has 0 aliphatic carbocycles. The van der Waals surface area contributed by atoms with Crippen molar-refractivity contribution in [1.29, 1.82) is 0 Å². The van der Waals surface area contributed by atoms with Gasteiger partial charge < -0.3 is 9.73 Å². The summed E-state index contributed by atoms with van der Waals surface area (Å²) in [5.41, 5.74) is 0.154. The van der Waals surface area contributed by atoms with E-state index in [9.17, 15) is 19.7 Å². The van der Waals surface area contributed by atoms with E-state index in [1.807, 2.05) is 0 Å². The SMILES string of the molecule is O=C(/C=C/c1cccc([N+](=O)[O-])c1)Nc1cc2cc(Br)ccc2oc1=O. The Morgan fingerprint density at radius 2 is 2.00 bits per heavy atom. The minimum atomic E-state index is -0.670. The maximum Gasteiger partial charge on any atom is 0.360 e. The highest BCUT2D eigenvalue weighted by Gasteiger charge is 2.08. The predicted octanol–water partition coefficient (Wildman–Crippen LogP) is 4.12. The van der Waals surface area contributed by atoms with Gasteiger partial charge in [0.15, 0.2) is 0 Å². The number of nitro groups is 1. The van der Waals surface area contributed by atoms with Gasteiger partial charge in [0.05, 0.1) is 4.92 Å². The van der Waals surface area contributed by atoms with Gasteiger partial charge in [-0.05, 0) is 35.9 Å². The Bertz CT molecular complexity index is 1100. The fraction of sp³-hybridized carbons (Fsp3) is 0. The fourth-order valence-corrected chi connectivity index (χ4v) is 2.65. The van der Waals surface area contributed by atoms with Crippen LogP contribution in [-0.4, -0.2) is 10.8 Å². The van der Waals surface area contributed by atoms with Crippen LogP contribution in [-0.2, 0) is 4.79 Å². The van der Waals surface area contributed by atoms with Crippen molar-refractivity contribution in [3.05, 3.63) is 85.2 Å². The van der Waals surface area contributed by atoms with Crippen molar-refractivity contribution in [3.63, 3.8) is 0 Å². The standard InChI is InChI=1S/C18H11BrN2O5/c19-13-5-6-16-12(9-13)10-15(18(23)26-16)20-17(22)7-4-11-2-1-3-14(8-11)21(24)25/h1-10H,(H,20,22)/b7-4+. The number of nitrogens with zero attached hydrogens (tertiary/aromatic N) is 1. The number of benzene rings is 2. The third kappa shape index (κ3) is 4.04. The van der Waals surface area contributed by atoms with Crippen molar-refractivity contribution in [2.75, 3.05) is 5.32 Å². The van der Waals surface area contributed by atoms with Gasteiger partial charge in [0, 0.05) is 28.1 Å². The van der Waals surface area contributed by atoms with E-state index in [-0.39, 0.29) is 11.4 Å². The summed E-state index contributed by atoms with van der Waals surface area (Å²) < 4.78 is 5.97. The van der Waals surface area contributed by atoms with E-state index in [0.29, 0.717) is 16.5 Å². The second-order valence-corrected chi connectivity index (χ2v) is 6.22. The van der Waals surface area contributed by atoms with Gasteiger partial charge in [0.1, 0.15) is 11.3 Å². The van der Waals surface area contributed by atoms with Crippen LogP contribution in [0.1, 0.15) is 5.56 Å². The predicted molar refractivity (Wildman–Crippen MR) is 101 cm³/mol. The van der Waals surface area contributed by atoms with E-state index in [2.05, 4.69) is 21.2 Å². The van der Waals surface area contributed by atoms with Crippen molar-refractivity contribution >= 4 is 50.3 Å². The van der Waals surface area contributed by atoms with Crippen LogP contribution in [0.3, 0.4) is 0 Å². The maximum absolute atomic E-state index is 12.0. The van der Waals surface area contributed by atoms with Crippen molar-refractivity contribution in [3.8, 4) is 0 Å². The lowest BCUT2D eigenvalue weighted by molar-refractivity contribution is -0.384. The van der Waals surface area contributed by atoms with Crippen molar-refractivity contribution < 1.29 is 14.1 Å². The van der Waals surface area contributed by atoms with Crippen molar-refractivity contribution in [1.82, 2.24) is 0 Å². The van der Waals surface area contributed by atoms with Gasteiger partial charge in [0.2, 0.25) is 5.91 Å². The number of halogens is 1. The molecule has 1 heterocycles. The van der Waals surface area contributed by atoms with Crippen LogP contribution in [0.25, 0.3) is 17.0 Å². The highest BCUT2D eigenvalue weighted by atomic mass is 79.9. The van der Waals surface area contributed by atoms with E-state index in [1.165, 1.54) is 36.4 Å².